The lowest BCUT2D eigenvalue weighted by atomic mass is 9.94. The van der Waals surface area contributed by atoms with Crippen molar-refractivity contribution in [3.8, 4) is 0 Å². The highest BCUT2D eigenvalue weighted by Crippen LogP contribution is 2.49. The summed E-state index contributed by atoms with van der Waals surface area (Å²) in [6, 6.07) is 0. The zero-order chi connectivity index (χ0) is 8.65. The van der Waals surface area contributed by atoms with E-state index in [2.05, 4.69) is 0 Å². The summed E-state index contributed by atoms with van der Waals surface area (Å²) in [5.74, 6) is -3.01. The molecule has 0 bridgehead atoms. The van der Waals surface area contributed by atoms with Crippen molar-refractivity contribution in [2.75, 3.05) is 0 Å². The Morgan fingerprint density at radius 3 is 2.09 bits per heavy atom. The van der Waals surface area contributed by atoms with Crippen LogP contribution in [0.4, 0.5) is 8.78 Å². The van der Waals surface area contributed by atoms with Gasteiger partial charge in [0.1, 0.15) is 0 Å². The summed E-state index contributed by atoms with van der Waals surface area (Å²) in [5.41, 5.74) is 0. The van der Waals surface area contributed by atoms with E-state index in [-0.39, 0.29) is 5.92 Å². The summed E-state index contributed by atoms with van der Waals surface area (Å²) in [4.78, 5) is 0. The maximum atomic E-state index is 13.2. The van der Waals surface area contributed by atoms with Crippen molar-refractivity contribution >= 4 is 0 Å². The third kappa shape index (κ3) is 1.27. The molecule has 0 nitrogen and oxygen atoms in total. The van der Waals surface area contributed by atoms with E-state index in [1.807, 2.05) is 6.92 Å². The highest BCUT2D eigenvalue weighted by molar-refractivity contribution is 4.92. The van der Waals surface area contributed by atoms with Gasteiger partial charge in [-0.25, -0.2) is 8.78 Å². The average Bonchev–Trinajstić information content (AvgIpc) is 2.14. The van der Waals surface area contributed by atoms with Crippen molar-refractivity contribution in [1.82, 2.24) is 0 Å². The molecule has 1 aliphatic carbocycles. The van der Waals surface area contributed by atoms with Crippen LogP contribution in [0.3, 0.4) is 0 Å². The van der Waals surface area contributed by atoms with Crippen molar-refractivity contribution in [2.45, 2.75) is 39.5 Å². The molecule has 1 fully saturated rings. The van der Waals surface area contributed by atoms with E-state index in [9.17, 15) is 8.78 Å². The molecule has 3 atom stereocenters. The molecule has 0 amide bonds. The van der Waals surface area contributed by atoms with Crippen molar-refractivity contribution in [3.63, 3.8) is 0 Å². The van der Waals surface area contributed by atoms with Gasteiger partial charge in [0.05, 0.1) is 0 Å². The van der Waals surface area contributed by atoms with E-state index in [1.165, 1.54) is 0 Å². The Morgan fingerprint density at radius 2 is 1.91 bits per heavy atom. The number of alkyl halides is 2. The topological polar surface area (TPSA) is 0 Å². The van der Waals surface area contributed by atoms with E-state index in [1.54, 1.807) is 13.8 Å². The minimum Gasteiger partial charge on any atom is -0.206 e. The molecule has 11 heavy (non-hydrogen) atoms. The summed E-state index contributed by atoms with van der Waals surface area (Å²) < 4.78 is 26.3. The molecule has 0 aromatic heterocycles. The largest absolute Gasteiger partial charge is 0.253 e. The van der Waals surface area contributed by atoms with Crippen LogP contribution in [0.25, 0.3) is 0 Å². The molecule has 0 saturated heterocycles. The Balaban J connectivity index is 2.71. The molecule has 1 aliphatic rings. The first-order valence-electron chi connectivity index (χ1n) is 4.38. The Hall–Kier alpha value is -0.140. The zero-order valence-electron chi connectivity index (χ0n) is 7.40. The summed E-state index contributed by atoms with van der Waals surface area (Å²) in [6.45, 7) is 5.33. The van der Waals surface area contributed by atoms with Crippen LogP contribution in [0.5, 0.6) is 0 Å². The summed E-state index contributed by atoms with van der Waals surface area (Å²) >= 11 is 0. The molecule has 0 aromatic carbocycles. The third-order valence-corrected chi connectivity index (χ3v) is 3.15. The van der Waals surface area contributed by atoms with Crippen LogP contribution >= 0.6 is 0 Å². The van der Waals surface area contributed by atoms with Crippen molar-refractivity contribution in [1.29, 1.82) is 0 Å². The Labute approximate surface area is 67.0 Å². The highest BCUT2D eigenvalue weighted by Gasteiger charge is 2.51. The minimum atomic E-state index is -2.42. The lowest BCUT2D eigenvalue weighted by molar-refractivity contribution is -0.0702. The third-order valence-electron chi connectivity index (χ3n) is 3.15. The fourth-order valence-corrected chi connectivity index (χ4v) is 2.10. The normalized spacial score (nSPS) is 42.8. The van der Waals surface area contributed by atoms with E-state index < -0.39 is 17.8 Å². The number of halogens is 2. The predicted molar refractivity (Wildman–Crippen MR) is 41.7 cm³/mol. The number of hydrogen-bond donors (Lipinski definition) is 0. The van der Waals surface area contributed by atoms with Gasteiger partial charge in [-0.15, -0.1) is 0 Å². The van der Waals surface area contributed by atoms with Crippen molar-refractivity contribution < 1.29 is 8.78 Å². The fraction of sp³-hybridized carbons (Fsp3) is 1.00. The average molecular weight is 162 g/mol. The Bertz CT molecular complexity index is 142. The number of rotatable bonds is 1. The van der Waals surface area contributed by atoms with Gasteiger partial charge in [-0.1, -0.05) is 27.2 Å². The molecule has 0 aliphatic heterocycles. The standard InChI is InChI=1S/C9H16F2/c1-4-8-5-6(2)9(10,11)7(8)3/h6-8H,4-5H2,1-3H3. The maximum absolute atomic E-state index is 13.2. The van der Waals surface area contributed by atoms with Gasteiger partial charge in [0.2, 0.25) is 0 Å². The van der Waals surface area contributed by atoms with Gasteiger partial charge in [-0.2, -0.15) is 0 Å². The molecule has 0 N–H and O–H groups in total. The van der Waals surface area contributed by atoms with Crippen LogP contribution in [0, 0.1) is 17.8 Å². The molecular formula is C9H16F2. The smallest absolute Gasteiger partial charge is 0.206 e. The number of hydrogen-bond acceptors (Lipinski definition) is 0. The minimum absolute atomic E-state index is 0.236. The molecule has 0 aromatic rings. The Morgan fingerprint density at radius 1 is 1.36 bits per heavy atom. The SMILES string of the molecule is CCC1CC(C)C(F)(F)C1C. The van der Waals surface area contributed by atoms with Crippen molar-refractivity contribution in [2.24, 2.45) is 17.8 Å². The first-order valence-corrected chi connectivity index (χ1v) is 4.38. The molecule has 2 heteroatoms. The van der Waals surface area contributed by atoms with Gasteiger partial charge in [0, 0.05) is 11.8 Å². The van der Waals surface area contributed by atoms with Crippen molar-refractivity contribution in [3.05, 3.63) is 0 Å². The fourth-order valence-electron chi connectivity index (χ4n) is 2.10. The molecular weight excluding hydrogens is 146 g/mol. The molecule has 1 saturated carbocycles. The van der Waals surface area contributed by atoms with Gasteiger partial charge in [-0.3, -0.25) is 0 Å². The second-order valence-electron chi connectivity index (χ2n) is 3.77. The summed E-state index contributed by atoms with van der Waals surface area (Å²) in [7, 11) is 0. The highest BCUT2D eigenvalue weighted by atomic mass is 19.3. The molecule has 0 heterocycles. The van der Waals surface area contributed by atoms with Gasteiger partial charge >= 0.3 is 0 Å². The molecule has 0 radical (unpaired) electrons. The maximum Gasteiger partial charge on any atom is 0.253 e. The van der Waals surface area contributed by atoms with E-state index >= 15 is 0 Å². The monoisotopic (exact) mass is 162 g/mol. The predicted octanol–water partition coefficient (Wildman–Crippen LogP) is 3.32. The second kappa shape index (κ2) is 2.72. The first-order chi connectivity index (χ1) is 5.00. The van der Waals surface area contributed by atoms with E-state index in [0.717, 1.165) is 6.42 Å². The lowest BCUT2D eigenvalue weighted by Gasteiger charge is -2.20. The van der Waals surface area contributed by atoms with Gasteiger partial charge < -0.3 is 0 Å². The Kier molecular flexibility index (Phi) is 2.22. The van der Waals surface area contributed by atoms with Gasteiger partial charge in [-0.05, 0) is 12.3 Å². The van der Waals surface area contributed by atoms with Gasteiger partial charge in [0.15, 0.2) is 0 Å². The molecule has 66 valence electrons. The van der Waals surface area contributed by atoms with Gasteiger partial charge in [0.25, 0.3) is 5.92 Å². The van der Waals surface area contributed by atoms with E-state index in [4.69, 9.17) is 0 Å². The van der Waals surface area contributed by atoms with Crippen LogP contribution in [0.2, 0.25) is 0 Å². The molecule has 1 rings (SSSR count). The van der Waals surface area contributed by atoms with Crippen LogP contribution in [0.15, 0.2) is 0 Å². The second-order valence-corrected chi connectivity index (χ2v) is 3.77. The van der Waals surface area contributed by atoms with Crippen LogP contribution in [-0.2, 0) is 0 Å². The van der Waals surface area contributed by atoms with Crippen LogP contribution in [-0.4, -0.2) is 5.92 Å². The summed E-state index contributed by atoms with van der Waals surface area (Å²) in [6.07, 6.45) is 1.59. The molecule has 0 spiro atoms. The van der Waals surface area contributed by atoms with Crippen LogP contribution < -0.4 is 0 Å². The summed E-state index contributed by atoms with van der Waals surface area (Å²) in [5, 5.41) is 0. The van der Waals surface area contributed by atoms with E-state index in [0.29, 0.717) is 6.42 Å². The zero-order valence-corrected chi connectivity index (χ0v) is 7.40. The molecule has 3 unspecified atom stereocenters. The first kappa shape index (κ1) is 8.95. The van der Waals surface area contributed by atoms with Crippen LogP contribution in [0.1, 0.15) is 33.6 Å². The quantitative estimate of drug-likeness (QED) is 0.554. The lowest BCUT2D eigenvalue weighted by Crippen LogP contribution is -2.27.